The van der Waals surface area contributed by atoms with Crippen LogP contribution in [0.5, 0.6) is 11.5 Å². The second-order valence-corrected chi connectivity index (χ2v) is 12.6. The third-order valence-corrected chi connectivity index (χ3v) is 9.85. The standard InChI is InChI=1S/C34H36N4O4S/c1-4-42-29-9-7-8-27(22-29)28-16-17-33-35-34(26-14-12-25(2)13-15-26)30(38(33)23-28)24-36-18-20-37(21-19-36)43(39,40)32-11-6-5-10-31(32)41-3/h5-17,22-23H,4,18-21,24H2,1-3H3. The van der Waals surface area contributed by atoms with Crippen LogP contribution < -0.4 is 9.47 Å². The van der Waals surface area contributed by atoms with Crippen LogP contribution in [0.15, 0.2) is 96.0 Å². The van der Waals surface area contributed by atoms with Crippen LogP contribution in [0, 0.1) is 6.92 Å². The van der Waals surface area contributed by atoms with Gasteiger partial charge in [0.25, 0.3) is 0 Å². The normalized spacial score (nSPS) is 14.7. The molecule has 1 aliphatic rings. The Bertz CT molecular complexity index is 1840. The summed E-state index contributed by atoms with van der Waals surface area (Å²) in [6, 6.07) is 27.5. The minimum Gasteiger partial charge on any atom is -0.495 e. The van der Waals surface area contributed by atoms with Gasteiger partial charge in [-0.25, -0.2) is 13.4 Å². The van der Waals surface area contributed by atoms with Gasteiger partial charge in [0.2, 0.25) is 10.0 Å². The molecule has 2 aromatic heterocycles. The summed E-state index contributed by atoms with van der Waals surface area (Å²) >= 11 is 0. The number of hydrogen-bond acceptors (Lipinski definition) is 6. The van der Waals surface area contributed by atoms with E-state index in [0.717, 1.165) is 39.5 Å². The molecule has 0 spiro atoms. The first kappa shape index (κ1) is 28.9. The maximum absolute atomic E-state index is 13.5. The van der Waals surface area contributed by atoms with E-state index in [1.165, 1.54) is 12.7 Å². The average molecular weight is 597 g/mol. The Morgan fingerprint density at radius 1 is 0.837 bits per heavy atom. The van der Waals surface area contributed by atoms with Crippen LogP contribution in [0.1, 0.15) is 18.2 Å². The third kappa shape index (κ3) is 5.88. The molecule has 0 radical (unpaired) electrons. The number of pyridine rings is 1. The fraction of sp³-hybridized carbons (Fsp3) is 0.265. The number of aromatic nitrogens is 2. The molecule has 1 fully saturated rings. The van der Waals surface area contributed by atoms with Gasteiger partial charge in [-0.2, -0.15) is 4.31 Å². The fourth-order valence-corrected chi connectivity index (χ4v) is 7.18. The lowest BCUT2D eigenvalue weighted by molar-refractivity contribution is 0.179. The summed E-state index contributed by atoms with van der Waals surface area (Å²) in [5.74, 6) is 1.20. The molecule has 1 aliphatic heterocycles. The first-order valence-electron chi connectivity index (χ1n) is 14.5. The number of methoxy groups -OCH3 is 1. The summed E-state index contributed by atoms with van der Waals surface area (Å²) in [6.07, 6.45) is 2.14. The molecule has 0 N–H and O–H groups in total. The number of imidazole rings is 1. The molecule has 0 atom stereocenters. The van der Waals surface area contributed by atoms with Crippen LogP contribution in [0.4, 0.5) is 0 Å². The quantitative estimate of drug-likeness (QED) is 0.211. The number of piperazine rings is 1. The largest absolute Gasteiger partial charge is 0.495 e. The smallest absolute Gasteiger partial charge is 0.246 e. The number of rotatable bonds is 9. The monoisotopic (exact) mass is 596 g/mol. The Morgan fingerprint density at radius 2 is 1.58 bits per heavy atom. The van der Waals surface area contributed by atoms with E-state index in [4.69, 9.17) is 14.5 Å². The number of aryl methyl sites for hydroxylation is 1. The van der Waals surface area contributed by atoms with Crippen molar-refractivity contribution < 1.29 is 17.9 Å². The number of nitrogens with zero attached hydrogens (tertiary/aromatic N) is 4. The van der Waals surface area contributed by atoms with Gasteiger partial charge >= 0.3 is 0 Å². The molecule has 0 aliphatic carbocycles. The van der Waals surface area contributed by atoms with Crippen molar-refractivity contribution in [2.24, 2.45) is 0 Å². The molecule has 5 aromatic rings. The van der Waals surface area contributed by atoms with Crippen LogP contribution >= 0.6 is 0 Å². The number of sulfonamides is 1. The van der Waals surface area contributed by atoms with Crippen molar-refractivity contribution in [2.45, 2.75) is 25.3 Å². The Morgan fingerprint density at radius 3 is 2.33 bits per heavy atom. The van der Waals surface area contributed by atoms with Crippen molar-refractivity contribution in [3.63, 3.8) is 0 Å². The summed E-state index contributed by atoms with van der Waals surface area (Å²) in [5, 5.41) is 0. The fourth-order valence-electron chi connectivity index (χ4n) is 5.60. The van der Waals surface area contributed by atoms with Gasteiger partial charge in [0, 0.05) is 44.5 Å². The van der Waals surface area contributed by atoms with Crippen LogP contribution in [-0.4, -0.2) is 66.9 Å². The lowest BCUT2D eigenvalue weighted by Gasteiger charge is -2.34. The number of fused-ring (bicyclic) bond motifs is 1. The summed E-state index contributed by atoms with van der Waals surface area (Å²) in [4.78, 5) is 7.57. The molecule has 0 unspecified atom stereocenters. The van der Waals surface area contributed by atoms with Gasteiger partial charge in [-0.3, -0.25) is 4.90 Å². The zero-order chi connectivity index (χ0) is 30.0. The zero-order valence-corrected chi connectivity index (χ0v) is 25.5. The van der Waals surface area contributed by atoms with Crippen LogP contribution in [0.25, 0.3) is 28.0 Å². The van der Waals surface area contributed by atoms with Gasteiger partial charge in [0.15, 0.2) is 0 Å². The van der Waals surface area contributed by atoms with Gasteiger partial charge < -0.3 is 13.9 Å². The van der Waals surface area contributed by atoms with Crippen molar-refractivity contribution in [2.75, 3.05) is 39.9 Å². The highest BCUT2D eigenvalue weighted by molar-refractivity contribution is 7.89. The molecule has 3 heterocycles. The Kier molecular flexibility index (Phi) is 8.21. The summed E-state index contributed by atoms with van der Waals surface area (Å²) < 4.78 is 41.8. The van der Waals surface area contributed by atoms with Crippen molar-refractivity contribution in [3.8, 4) is 33.9 Å². The minimum atomic E-state index is -3.67. The zero-order valence-electron chi connectivity index (χ0n) is 24.7. The SMILES string of the molecule is CCOc1cccc(-c2ccc3nc(-c4ccc(C)cc4)c(CN4CCN(S(=O)(=O)c5ccccc5OC)CC4)n3c2)c1. The average Bonchev–Trinajstić information content (AvgIpc) is 3.39. The summed E-state index contributed by atoms with van der Waals surface area (Å²) in [7, 11) is -2.18. The van der Waals surface area contributed by atoms with E-state index >= 15 is 0 Å². The lowest BCUT2D eigenvalue weighted by atomic mass is 10.1. The van der Waals surface area contributed by atoms with Crippen molar-refractivity contribution in [3.05, 3.63) is 102 Å². The molecule has 0 saturated carbocycles. The Hall–Kier alpha value is -4.18. The van der Waals surface area contributed by atoms with E-state index < -0.39 is 10.0 Å². The van der Waals surface area contributed by atoms with E-state index in [1.807, 2.05) is 19.1 Å². The molecular weight excluding hydrogens is 560 g/mol. The number of ether oxygens (including phenoxy) is 2. The van der Waals surface area contributed by atoms with E-state index in [1.54, 1.807) is 28.6 Å². The minimum absolute atomic E-state index is 0.204. The summed E-state index contributed by atoms with van der Waals surface area (Å²) in [5.41, 5.74) is 7.26. The van der Waals surface area contributed by atoms with E-state index in [9.17, 15) is 8.42 Å². The second kappa shape index (κ2) is 12.2. The maximum atomic E-state index is 13.5. The van der Waals surface area contributed by atoms with Crippen LogP contribution in [0.2, 0.25) is 0 Å². The highest BCUT2D eigenvalue weighted by atomic mass is 32.2. The van der Waals surface area contributed by atoms with Gasteiger partial charge in [-0.15, -0.1) is 0 Å². The second-order valence-electron chi connectivity index (χ2n) is 10.7. The van der Waals surface area contributed by atoms with Crippen LogP contribution in [-0.2, 0) is 16.6 Å². The first-order chi connectivity index (χ1) is 20.9. The van der Waals surface area contributed by atoms with Gasteiger partial charge in [-0.1, -0.05) is 54.1 Å². The number of benzene rings is 3. The van der Waals surface area contributed by atoms with Gasteiger partial charge in [0.1, 0.15) is 22.0 Å². The molecule has 1 saturated heterocycles. The molecule has 0 amide bonds. The molecule has 222 valence electrons. The van der Waals surface area contributed by atoms with Crippen molar-refractivity contribution >= 4 is 15.7 Å². The van der Waals surface area contributed by atoms with Gasteiger partial charge in [-0.05, 0) is 61.4 Å². The number of para-hydroxylation sites is 1. The predicted molar refractivity (Wildman–Crippen MR) is 169 cm³/mol. The Labute approximate surface area is 253 Å². The van der Waals surface area contributed by atoms with E-state index in [0.29, 0.717) is 45.1 Å². The molecular formula is C34H36N4O4S. The molecule has 6 rings (SSSR count). The molecule has 8 nitrogen and oxygen atoms in total. The Balaban J connectivity index is 1.31. The molecule has 43 heavy (non-hydrogen) atoms. The lowest BCUT2D eigenvalue weighted by Crippen LogP contribution is -2.48. The maximum Gasteiger partial charge on any atom is 0.246 e. The highest BCUT2D eigenvalue weighted by Gasteiger charge is 2.31. The van der Waals surface area contributed by atoms with Crippen molar-refractivity contribution in [1.82, 2.24) is 18.6 Å². The molecule has 9 heteroatoms. The summed E-state index contributed by atoms with van der Waals surface area (Å²) in [6.45, 7) is 7.30. The molecule has 0 bridgehead atoms. The van der Waals surface area contributed by atoms with E-state index in [2.05, 4.69) is 71.0 Å². The van der Waals surface area contributed by atoms with Crippen molar-refractivity contribution in [1.29, 1.82) is 0 Å². The topological polar surface area (TPSA) is 76.4 Å². The molecule has 3 aromatic carbocycles. The predicted octanol–water partition coefficient (Wildman–Crippen LogP) is 5.89. The van der Waals surface area contributed by atoms with E-state index in [-0.39, 0.29) is 4.90 Å². The third-order valence-electron chi connectivity index (χ3n) is 7.91. The highest BCUT2D eigenvalue weighted by Crippen LogP contribution is 2.31. The first-order valence-corrected chi connectivity index (χ1v) is 16.0. The number of hydrogen-bond donors (Lipinski definition) is 0. The van der Waals surface area contributed by atoms with Crippen LogP contribution in [0.3, 0.4) is 0 Å². The van der Waals surface area contributed by atoms with Gasteiger partial charge in [0.05, 0.1) is 25.1 Å².